The second-order valence-electron chi connectivity index (χ2n) is 3.15. The van der Waals surface area contributed by atoms with Gasteiger partial charge in [0, 0.05) is 17.9 Å². The maximum absolute atomic E-state index is 10.2. The maximum Gasteiger partial charge on any atom is 0.358 e. The van der Waals surface area contributed by atoms with Crippen LogP contribution in [-0.4, -0.2) is 27.3 Å². The highest BCUT2D eigenvalue weighted by Gasteiger charge is 2.08. The van der Waals surface area contributed by atoms with Gasteiger partial charge in [-0.15, -0.1) is 0 Å². The first-order chi connectivity index (χ1) is 8.54. The highest BCUT2D eigenvalue weighted by molar-refractivity contribution is 7.08. The van der Waals surface area contributed by atoms with E-state index in [2.05, 4.69) is 9.68 Å². The van der Waals surface area contributed by atoms with Crippen LogP contribution in [-0.2, 0) is 6.42 Å². The molecule has 18 heavy (non-hydrogen) atoms. The second kappa shape index (κ2) is 6.55. The van der Waals surface area contributed by atoms with E-state index >= 15 is 0 Å². The molecule has 2 aromatic rings. The molecular weight excluding hydrogens is 258 g/mol. The molecule has 0 fully saturated rings. The lowest BCUT2D eigenvalue weighted by atomic mass is 10.3. The third kappa shape index (κ3) is 4.02. The number of rotatable bonds is 3. The summed E-state index contributed by atoms with van der Waals surface area (Å²) in [6.07, 6.45) is 0.667. The summed E-state index contributed by atoms with van der Waals surface area (Å²) in [5.41, 5.74) is 0.340. The van der Waals surface area contributed by atoms with Crippen molar-refractivity contribution in [2.45, 2.75) is 13.3 Å². The van der Waals surface area contributed by atoms with Crippen LogP contribution in [0.2, 0.25) is 0 Å². The summed E-state index contributed by atoms with van der Waals surface area (Å²) in [4.78, 5) is 20.3. The van der Waals surface area contributed by atoms with Crippen LogP contribution in [0.3, 0.4) is 0 Å². The van der Waals surface area contributed by atoms with Gasteiger partial charge in [0.15, 0.2) is 5.69 Å². The van der Waals surface area contributed by atoms with Crippen LogP contribution in [0.15, 0.2) is 27.4 Å². The van der Waals surface area contributed by atoms with Gasteiger partial charge < -0.3 is 14.7 Å². The van der Waals surface area contributed by atoms with Gasteiger partial charge in [-0.2, -0.15) is 11.3 Å². The van der Waals surface area contributed by atoms with E-state index < -0.39 is 11.9 Å². The van der Waals surface area contributed by atoms with Crippen molar-refractivity contribution in [1.82, 2.24) is 5.16 Å². The molecule has 0 amide bonds. The number of aromatic nitrogens is 1. The lowest BCUT2D eigenvalue weighted by molar-refractivity contribution is 0.0679. The third-order valence-electron chi connectivity index (χ3n) is 1.89. The molecule has 0 saturated heterocycles. The van der Waals surface area contributed by atoms with E-state index in [4.69, 9.17) is 10.2 Å². The standard InChI is InChI=1S/C6H7NO3.C5H4O2S/c1-2-4-3-5(6(8)9)7-10-4;6-5(7)4-1-2-8-3-4/h3H,2H2,1H3,(H,8,9);1-3H,(H,6,7). The highest BCUT2D eigenvalue weighted by atomic mass is 32.1. The first-order valence-corrected chi connectivity index (χ1v) is 5.93. The zero-order valence-corrected chi connectivity index (χ0v) is 10.3. The molecule has 0 aromatic carbocycles. The van der Waals surface area contributed by atoms with Gasteiger partial charge in [0.1, 0.15) is 5.76 Å². The fraction of sp³-hybridized carbons (Fsp3) is 0.182. The monoisotopic (exact) mass is 269 g/mol. The number of carboxylic acid groups (broad SMARTS) is 2. The molecular formula is C11H11NO5S. The number of nitrogens with zero attached hydrogens (tertiary/aromatic N) is 1. The first-order valence-electron chi connectivity index (χ1n) is 4.99. The van der Waals surface area contributed by atoms with Gasteiger partial charge in [-0.25, -0.2) is 9.59 Å². The van der Waals surface area contributed by atoms with Gasteiger partial charge in [-0.3, -0.25) is 0 Å². The van der Waals surface area contributed by atoms with Crippen molar-refractivity contribution in [3.8, 4) is 0 Å². The lowest BCUT2D eigenvalue weighted by Crippen LogP contribution is -1.94. The largest absolute Gasteiger partial charge is 0.478 e. The van der Waals surface area contributed by atoms with Crippen molar-refractivity contribution in [3.63, 3.8) is 0 Å². The van der Waals surface area contributed by atoms with Gasteiger partial charge in [0.25, 0.3) is 0 Å². The topological polar surface area (TPSA) is 101 Å². The Morgan fingerprint density at radius 3 is 2.39 bits per heavy atom. The molecule has 0 bridgehead atoms. The van der Waals surface area contributed by atoms with Crippen LogP contribution in [0.25, 0.3) is 0 Å². The van der Waals surface area contributed by atoms with E-state index in [1.165, 1.54) is 17.4 Å². The Morgan fingerprint density at radius 1 is 1.39 bits per heavy atom. The van der Waals surface area contributed by atoms with E-state index in [0.29, 0.717) is 17.7 Å². The lowest BCUT2D eigenvalue weighted by Gasteiger charge is -1.78. The normalized spacial score (nSPS) is 9.39. The minimum absolute atomic E-state index is 0.0307. The summed E-state index contributed by atoms with van der Waals surface area (Å²) in [6, 6.07) is 3.00. The SMILES string of the molecule is CCc1cc(C(=O)O)no1.O=C(O)c1ccsc1. The first kappa shape index (κ1) is 13.9. The minimum atomic E-state index is -1.05. The van der Waals surface area contributed by atoms with Crippen molar-refractivity contribution in [2.24, 2.45) is 0 Å². The molecule has 0 radical (unpaired) electrons. The molecule has 2 rings (SSSR count). The van der Waals surface area contributed by atoms with Crippen molar-refractivity contribution in [1.29, 1.82) is 0 Å². The Bertz CT molecular complexity index is 517. The van der Waals surface area contributed by atoms with E-state index in [0.717, 1.165) is 0 Å². The number of thiophene rings is 1. The van der Waals surface area contributed by atoms with E-state index in [1.807, 2.05) is 6.92 Å². The Labute approximate surface area is 106 Å². The van der Waals surface area contributed by atoms with Crippen LogP contribution >= 0.6 is 11.3 Å². The predicted molar refractivity (Wildman–Crippen MR) is 64.1 cm³/mol. The van der Waals surface area contributed by atoms with E-state index in [1.54, 1.807) is 16.8 Å². The van der Waals surface area contributed by atoms with Crippen LogP contribution in [0.1, 0.15) is 33.5 Å². The van der Waals surface area contributed by atoms with Gasteiger partial charge in [-0.1, -0.05) is 12.1 Å². The van der Waals surface area contributed by atoms with Crippen LogP contribution in [0, 0.1) is 0 Å². The average molecular weight is 269 g/mol. The molecule has 0 saturated carbocycles. The van der Waals surface area contributed by atoms with Gasteiger partial charge in [0.05, 0.1) is 5.56 Å². The zero-order valence-electron chi connectivity index (χ0n) is 9.49. The Hall–Kier alpha value is -2.15. The van der Waals surface area contributed by atoms with Crippen molar-refractivity contribution in [2.75, 3.05) is 0 Å². The quantitative estimate of drug-likeness (QED) is 0.887. The molecule has 0 spiro atoms. The number of carbonyl (C=O) groups is 2. The Balaban J connectivity index is 0.000000184. The van der Waals surface area contributed by atoms with Crippen LogP contribution in [0.5, 0.6) is 0 Å². The number of aromatic carboxylic acids is 2. The molecule has 0 atom stereocenters. The smallest absolute Gasteiger partial charge is 0.358 e. The average Bonchev–Trinajstić information content (AvgIpc) is 3.01. The van der Waals surface area contributed by atoms with Crippen molar-refractivity contribution >= 4 is 23.3 Å². The summed E-state index contributed by atoms with van der Waals surface area (Å²) in [7, 11) is 0. The molecule has 2 N–H and O–H groups in total. The second-order valence-corrected chi connectivity index (χ2v) is 3.93. The maximum atomic E-state index is 10.2. The number of hydrogen-bond acceptors (Lipinski definition) is 5. The van der Waals surface area contributed by atoms with E-state index in [9.17, 15) is 9.59 Å². The Morgan fingerprint density at radius 2 is 2.11 bits per heavy atom. The molecule has 0 aliphatic rings. The summed E-state index contributed by atoms with van der Waals surface area (Å²) in [6.45, 7) is 1.87. The zero-order chi connectivity index (χ0) is 13.5. The number of hydrogen-bond donors (Lipinski definition) is 2. The van der Waals surface area contributed by atoms with Crippen LogP contribution in [0.4, 0.5) is 0 Å². The molecule has 0 aliphatic carbocycles. The molecule has 2 heterocycles. The third-order valence-corrected chi connectivity index (χ3v) is 2.58. The summed E-state index contributed by atoms with van der Waals surface area (Å²) < 4.78 is 4.64. The molecule has 7 heteroatoms. The molecule has 6 nitrogen and oxygen atoms in total. The summed E-state index contributed by atoms with van der Waals surface area (Å²) >= 11 is 1.39. The molecule has 2 aromatic heterocycles. The fourth-order valence-electron chi connectivity index (χ4n) is 0.967. The minimum Gasteiger partial charge on any atom is -0.478 e. The summed E-state index contributed by atoms with van der Waals surface area (Å²) in [5.74, 6) is -1.31. The number of aryl methyl sites for hydroxylation is 1. The van der Waals surface area contributed by atoms with E-state index in [-0.39, 0.29) is 5.69 Å². The van der Waals surface area contributed by atoms with Gasteiger partial charge >= 0.3 is 11.9 Å². The summed E-state index contributed by atoms with van der Waals surface area (Å²) in [5, 5.41) is 23.3. The van der Waals surface area contributed by atoms with Gasteiger partial charge in [0.2, 0.25) is 0 Å². The predicted octanol–water partition coefficient (Wildman–Crippen LogP) is 2.38. The van der Waals surface area contributed by atoms with Crippen molar-refractivity contribution in [3.05, 3.63) is 39.9 Å². The number of carboxylic acids is 2. The molecule has 0 unspecified atom stereocenters. The molecule has 0 aliphatic heterocycles. The van der Waals surface area contributed by atoms with Crippen LogP contribution < -0.4 is 0 Å². The van der Waals surface area contributed by atoms with Gasteiger partial charge in [-0.05, 0) is 11.4 Å². The van der Waals surface area contributed by atoms with Crippen molar-refractivity contribution < 1.29 is 24.3 Å². The molecule has 96 valence electrons. The Kier molecular flexibility index (Phi) is 5.06. The highest BCUT2D eigenvalue weighted by Crippen LogP contribution is 2.04. The fourth-order valence-corrected chi connectivity index (χ4v) is 1.60.